The number of primary sulfonamides is 1. The molecule has 7 heteroatoms. The number of sulfonamides is 1. The Morgan fingerprint density at radius 1 is 1.27 bits per heavy atom. The molecule has 1 aromatic carbocycles. The summed E-state index contributed by atoms with van der Waals surface area (Å²) in [6, 6.07) is 8.61. The van der Waals surface area contributed by atoms with Gasteiger partial charge >= 0.3 is 0 Å². The smallest absolute Gasteiger partial charge is 0.237 e. The van der Waals surface area contributed by atoms with Crippen molar-refractivity contribution >= 4 is 21.4 Å². The Bertz CT molecular complexity index is 948. The van der Waals surface area contributed by atoms with E-state index in [9.17, 15) is 8.42 Å². The number of morpholine rings is 1. The van der Waals surface area contributed by atoms with Crippen LogP contribution >= 0.6 is 0 Å². The van der Waals surface area contributed by atoms with Crippen LogP contribution in [-0.4, -0.2) is 41.3 Å². The number of ether oxygens (including phenoxy) is 1. The highest BCUT2D eigenvalue weighted by atomic mass is 32.2. The van der Waals surface area contributed by atoms with Crippen molar-refractivity contribution in [3.63, 3.8) is 0 Å². The first-order valence-corrected chi connectivity index (χ1v) is 12.3. The van der Waals surface area contributed by atoms with Gasteiger partial charge in [-0.3, -0.25) is 0 Å². The predicted octanol–water partition coefficient (Wildman–Crippen LogP) is 3.20. The van der Waals surface area contributed by atoms with Crippen LogP contribution in [0.15, 0.2) is 47.4 Å². The molecule has 0 aromatic heterocycles. The molecule has 4 atom stereocenters. The second kappa shape index (κ2) is 8.02. The van der Waals surface area contributed by atoms with Gasteiger partial charge in [0, 0.05) is 31.0 Å². The summed E-state index contributed by atoms with van der Waals surface area (Å²) in [6.07, 6.45) is 5.55. The molecule has 30 heavy (non-hydrogen) atoms. The average molecular weight is 432 g/mol. The third-order valence-electron chi connectivity index (χ3n) is 7.15. The Hall–Kier alpha value is -1.83. The first-order valence-electron chi connectivity index (χ1n) is 10.8. The first-order chi connectivity index (χ1) is 14.2. The zero-order chi connectivity index (χ0) is 21.5. The van der Waals surface area contributed by atoms with Crippen LogP contribution < -0.4 is 15.4 Å². The Morgan fingerprint density at radius 3 is 2.67 bits per heavy atom. The van der Waals surface area contributed by atoms with Crippen LogP contribution in [0.1, 0.15) is 20.8 Å². The number of nitrogens with two attached hydrogens (primary N) is 1. The third-order valence-corrected chi connectivity index (χ3v) is 8.08. The highest BCUT2D eigenvalue weighted by Gasteiger charge is 2.60. The molecule has 1 aliphatic heterocycles. The fourth-order valence-corrected chi connectivity index (χ4v) is 5.92. The number of rotatable bonds is 6. The zero-order valence-corrected chi connectivity index (χ0v) is 18.9. The maximum Gasteiger partial charge on any atom is 0.237 e. The van der Waals surface area contributed by atoms with Gasteiger partial charge in [0.05, 0.1) is 18.1 Å². The van der Waals surface area contributed by atoms with E-state index in [0.29, 0.717) is 17.8 Å². The molecule has 6 nitrogen and oxygen atoms in total. The van der Waals surface area contributed by atoms with Gasteiger partial charge in [0.2, 0.25) is 10.0 Å². The number of benzene rings is 1. The fraction of sp³-hybridized carbons (Fsp3) is 0.565. The van der Waals surface area contributed by atoms with E-state index in [1.165, 1.54) is 5.69 Å². The van der Waals surface area contributed by atoms with Crippen molar-refractivity contribution in [2.24, 2.45) is 34.2 Å². The molecule has 0 spiro atoms. The quantitative estimate of drug-likeness (QED) is 0.723. The van der Waals surface area contributed by atoms with Crippen molar-refractivity contribution in [1.29, 1.82) is 0 Å². The second-order valence-corrected chi connectivity index (χ2v) is 11.0. The van der Waals surface area contributed by atoms with Gasteiger partial charge in [-0.05, 0) is 53.4 Å². The Labute approximate surface area is 180 Å². The minimum absolute atomic E-state index is 0.155. The monoisotopic (exact) mass is 431 g/mol. The number of nitrogens with zero attached hydrogens (tertiary/aromatic N) is 1. The standard InChI is InChI=1S/C23H33N3O3S/c1-16-13-19(30(24,27)28)7-8-20(16)22-21(23(22,2)3)15-25-17-5-4-6-18(14-17)26-9-11-29-12-10-26/h4-8,13-14,16,20-22,25H,9-12,15H2,1-3H3,(H2,24,27,28)/t16?,20?,21-,22-/m1/s1. The first kappa shape index (κ1) is 21.4. The van der Waals surface area contributed by atoms with Crippen LogP contribution in [0.3, 0.4) is 0 Å². The summed E-state index contributed by atoms with van der Waals surface area (Å²) in [7, 11) is -3.64. The average Bonchev–Trinajstić information content (AvgIpc) is 3.26. The summed E-state index contributed by atoms with van der Waals surface area (Å²) >= 11 is 0. The minimum atomic E-state index is -3.64. The largest absolute Gasteiger partial charge is 0.385 e. The molecule has 2 unspecified atom stereocenters. The lowest BCUT2D eigenvalue weighted by Gasteiger charge is -2.29. The summed E-state index contributed by atoms with van der Waals surface area (Å²) in [5.41, 5.74) is 2.59. The summed E-state index contributed by atoms with van der Waals surface area (Å²) in [6.45, 7) is 11.1. The van der Waals surface area contributed by atoms with E-state index in [1.807, 2.05) is 6.08 Å². The van der Waals surface area contributed by atoms with Crippen molar-refractivity contribution in [3.8, 4) is 0 Å². The van der Waals surface area contributed by atoms with Gasteiger partial charge in [-0.15, -0.1) is 0 Å². The van der Waals surface area contributed by atoms with Gasteiger partial charge < -0.3 is 15.0 Å². The van der Waals surface area contributed by atoms with Gasteiger partial charge in [0.25, 0.3) is 0 Å². The van der Waals surface area contributed by atoms with E-state index in [-0.39, 0.29) is 16.2 Å². The van der Waals surface area contributed by atoms with E-state index in [1.54, 1.807) is 6.08 Å². The maximum absolute atomic E-state index is 11.7. The van der Waals surface area contributed by atoms with Gasteiger partial charge in [-0.2, -0.15) is 0 Å². The molecule has 0 radical (unpaired) electrons. The predicted molar refractivity (Wildman–Crippen MR) is 122 cm³/mol. The molecular weight excluding hydrogens is 398 g/mol. The van der Waals surface area contributed by atoms with Gasteiger partial charge in [0.1, 0.15) is 0 Å². The molecule has 0 amide bonds. The molecule has 1 saturated carbocycles. The summed E-state index contributed by atoms with van der Waals surface area (Å²) in [5.74, 6) is 1.53. The molecule has 1 heterocycles. The zero-order valence-electron chi connectivity index (χ0n) is 18.0. The molecule has 1 saturated heterocycles. The number of anilines is 2. The normalized spacial score (nSPS) is 30.7. The van der Waals surface area contributed by atoms with Gasteiger partial charge in [0.15, 0.2) is 0 Å². The van der Waals surface area contributed by atoms with Gasteiger partial charge in [-0.1, -0.05) is 39.0 Å². The topological polar surface area (TPSA) is 84.7 Å². The van der Waals surface area contributed by atoms with Crippen molar-refractivity contribution in [3.05, 3.63) is 47.4 Å². The molecule has 4 rings (SSSR count). The SMILES string of the molecule is CC1C=C(S(N)(=O)=O)C=CC1[C@@H]1[C@@H](CNc2cccc(N3CCOCC3)c2)C1(C)C. The third kappa shape index (κ3) is 4.29. The Kier molecular flexibility index (Phi) is 5.72. The Balaban J connectivity index is 1.39. The Morgan fingerprint density at radius 2 is 2.00 bits per heavy atom. The van der Waals surface area contributed by atoms with E-state index in [4.69, 9.17) is 9.88 Å². The van der Waals surface area contributed by atoms with Crippen LogP contribution in [-0.2, 0) is 14.8 Å². The van der Waals surface area contributed by atoms with Gasteiger partial charge in [-0.25, -0.2) is 13.6 Å². The lowest BCUT2D eigenvalue weighted by molar-refractivity contribution is 0.122. The molecule has 3 aliphatic rings. The molecule has 0 bridgehead atoms. The lowest BCUT2D eigenvalue weighted by atomic mass is 9.83. The van der Waals surface area contributed by atoms with E-state index in [2.05, 4.69) is 61.3 Å². The van der Waals surface area contributed by atoms with Crippen LogP contribution in [0, 0.1) is 29.1 Å². The minimum Gasteiger partial charge on any atom is -0.385 e. The van der Waals surface area contributed by atoms with Crippen molar-refractivity contribution in [1.82, 2.24) is 0 Å². The molecular formula is C23H33N3O3S. The highest BCUT2D eigenvalue weighted by molar-refractivity contribution is 7.93. The van der Waals surface area contributed by atoms with Crippen molar-refractivity contribution in [2.45, 2.75) is 20.8 Å². The fourth-order valence-electron chi connectivity index (χ4n) is 5.25. The molecule has 2 fully saturated rings. The number of nitrogens with one attached hydrogen (secondary N) is 1. The van der Waals surface area contributed by atoms with Crippen LogP contribution in [0.4, 0.5) is 11.4 Å². The van der Waals surface area contributed by atoms with E-state index in [0.717, 1.165) is 38.5 Å². The number of hydrogen-bond donors (Lipinski definition) is 2. The number of allylic oxidation sites excluding steroid dienone is 3. The molecule has 3 N–H and O–H groups in total. The van der Waals surface area contributed by atoms with Crippen LogP contribution in [0.25, 0.3) is 0 Å². The molecule has 2 aliphatic carbocycles. The summed E-state index contributed by atoms with van der Waals surface area (Å²) in [4.78, 5) is 2.60. The highest BCUT2D eigenvalue weighted by Crippen LogP contribution is 2.63. The number of hydrogen-bond acceptors (Lipinski definition) is 5. The maximum atomic E-state index is 11.7. The summed E-state index contributed by atoms with van der Waals surface area (Å²) in [5, 5.41) is 8.95. The second-order valence-electron chi connectivity index (χ2n) is 9.39. The summed E-state index contributed by atoms with van der Waals surface area (Å²) < 4.78 is 28.8. The van der Waals surface area contributed by atoms with Crippen molar-refractivity contribution < 1.29 is 13.2 Å². The lowest BCUT2D eigenvalue weighted by Crippen LogP contribution is -2.36. The van der Waals surface area contributed by atoms with E-state index >= 15 is 0 Å². The van der Waals surface area contributed by atoms with Crippen LogP contribution in [0.5, 0.6) is 0 Å². The van der Waals surface area contributed by atoms with E-state index < -0.39 is 10.0 Å². The molecule has 1 aromatic rings. The van der Waals surface area contributed by atoms with Crippen molar-refractivity contribution in [2.75, 3.05) is 43.1 Å². The molecule has 164 valence electrons. The van der Waals surface area contributed by atoms with Crippen LogP contribution in [0.2, 0.25) is 0 Å².